The molecular weight excluding hydrogens is 821 g/mol. The first-order chi connectivity index (χ1) is 25.7. The molecule has 304 valence electrons. The Hall–Kier alpha value is -4.66. The van der Waals surface area contributed by atoms with E-state index >= 15 is 0 Å². The number of nitrogens with zero attached hydrogens (tertiary/aromatic N) is 7. The Morgan fingerprint density at radius 3 is 1.75 bits per heavy atom. The Morgan fingerprint density at radius 1 is 0.786 bits per heavy atom. The SMILES string of the molecule is CC(C)(C)OC(=O)N1CCN(c2nc(-c3ccncc3F)[nH]c(=O)c2Cl)CC(F)(F)C1.Cl.O=c1[nH]c(-c2ccncc2F)nc(N2CCNCC(F)(F)C2)c1Cl. The zero-order valence-electron chi connectivity index (χ0n) is 29.8. The van der Waals surface area contributed by atoms with E-state index in [4.69, 9.17) is 27.9 Å². The lowest BCUT2D eigenvalue weighted by atomic mass is 10.2. The molecule has 4 aromatic heterocycles. The summed E-state index contributed by atoms with van der Waals surface area (Å²) in [7, 11) is 0. The molecule has 2 saturated heterocycles. The van der Waals surface area contributed by atoms with Crippen LogP contribution in [-0.2, 0) is 4.74 Å². The van der Waals surface area contributed by atoms with Crippen LogP contribution in [0.15, 0.2) is 46.5 Å². The molecule has 0 atom stereocenters. The summed E-state index contributed by atoms with van der Waals surface area (Å²) in [5.74, 6) is -8.42. The van der Waals surface area contributed by atoms with E-state index in [1.807, 2.05) is 0 Å². The standard InChI is InChI=1S/C19H21ClF3N5O3.C14H13ClF3N5O.ClH/c1-18(2,3)31-17(30)28-7-6-27(9-19(22,23)10-28)15-13(20)16(29)26-14(25-15)11-4-5-24-8-12(11)21;15-10-12(23-4-3-20-6-14(17,18)7-23)21-11(22-13(10)24)8-1-2-19-5-9(8)16;/h4-5,8H,6-7,9-10H2,1-3H3,(H,25,26,29);1-2,5,20H,3-4,6-7H2,(H,21,22,24);1H. The number of amides is 1. The fourth-order valence-corrected chi connectivity index (χ4v) is 5.87. The number of H-pyrrole nitrogens is 2. The van der Waals surface area contributed by atoms with Gasteiger partial charge in [0.15, 0.2) is 23.3 Å². The summed E-state index contributed by atoms with van der Waals surface area (Å²) < 4.78 is 90.0. The van der Waals surface area contributed by atoms with Gasteiger partial charge in [-0.3, -0.25) is 19.6 Å². The van der Waals surface area contributed by atoms with Crippen molar-refractivity contribution in [2.75, 3.05) is 62.2 Å². The summed E-state index contributed by atoms with van der Waals surface area (Å²) in [6.07, 6.45) is 3.65. The number of halogens is 9. The predicted molar refractivity (Wildman–Crippen MR) is 198 cm³/mol. The van der Waals surface area contributed by atoms with E-state index in [1.54, 1.807) is 20.8 Å². The van der Waals surface area contributed by atoms with Crippen molar-refractivity contribution in [2.24, 2.45) is 0 Å². The summed E-state index contributed by atoms with van der Waals surface area (Å²) in [6, 6.07) is 2.61. The lowest BCUT2D eigenvalue weighted by Gasteiger charge is -2.27. The molecule has 0 unspecified atom stereocenters. The molecule has 2 aliphatic heterocycles. The molecule has 0 spiro atoms. The second-order valence-corrected chi connectivity index (χ2v) is 14.2. The van der Waals surface area contributed by atoms with Gasteiger partial charge in [-0.1, -0.05) is 23.2 Å². The highest BCUT2D eigenvalue weighted by Crippen LogP contribution is 2.30. The van der Waals surface area contributed by atoms with Crippen molar-refractivity contribution in [3.05, 3.63) is 79.3 Å². The number of alkyl halides is 4. The van der Waals surface area contributed by atoms with Crippen molar-refractivity contribution < 1.29 is 35.9 Å². The Kier molecular flexibility index (Phi) is 13.9. The average Bonchev–Trinajstić information content (AvgIpc) is 3.38. The van der Waals surface area contributed by atoms with Gasteiger partial charge in [0.2, 0.25) is 0 Å². The smallest absolute Gasteiger partial charge is 0.410 e. The largest absolute Gasteiger partial charge is 0.444 e. The number of hydrogen-bond donors (Lipinski definition) is 3. The van der Waals surface area contributed by atoms with Crippen LogP contribution in [-0.4, -0.2) is 111 Å². The molecule has 6 heterocycles. The van der Waals surface area contributed by atoms with Crippen molar-refractivity contribution >= 4 is 53.3 Å². The van der Waals surface area contributed by atoms with Crippen LogP contribution in [0.2, 0.25) is 10.0 Å². The van der Waals surface area contributed by atoms with Gasteiger partial charge in [-0.2, -0.15) is 0 Å². The van der Waals surface area contributed by atoms with E-state index in [2.05, 4.69) is 35.2 Å². The minimum atomic E-state index is -3.34. The van der Waals surface area contributed by atoms with Crippen molar-refractivity contribution in [1.29, 1.82) is 0 Å². The number of aromatic amines is 2. The Morgan fingerprint density at radius 2 is 1.27 bits per heavy atom. The minimum Gasteiger partial charge on any atom is -0.444 e. The lowest BCUT2D eigenvalue weighted by Crippen LogP contribution is -2.44. The van der Waals surface area contributed by atoms with E-state index < -0.39 is 77.5 Å². The third-order valence-corrected chi connectivity index (χ3v) is 8.53. The Balaban J connectivity index is 0.000000252. The Labute approximate surface area is 331 Å². The zero-order valence-corrected chi connectivity index (χ0v) is 32.1. The van der Waals surface area contributed by atoms with Crippen LogP contribution in [0.5, 0.6) is 0 Å². The third-order valence-electron chi connectivity index (χ3n) is 7.85. The van der Waals surface area contributed by atoms with Crippen molar-refractivity contribution in [3.8, 4) is 22.8 Å². The highest BCUT2D eigenvalue weighted by molar-refractivity contribution is 6.33. The summed E-state index contributed by atoms with van der Waals surface area (Å²) in [6.45, 7) is 2.31. The zero-order chi connectivity index (χ0) is 40.3. The maximum atomic E-state index is 14.6. The molecule has 0 saturated carbocycles. The molecular formula is C33H35Cl3F6N10O4. The molecule has 2 aliphatic rings. The molecule has 6 rings (SSSR count). The van der Waals surface area contributed by atoms with Crippen LogP contribution in [0, 0.1) is 11.6 Å². The highest BCUT2D eigenvalue weighted by Gasteiger charge is 2.41. The summed E-state index contributed by atoms with van der Waals surface area (Å²) in [5, 5.41) is 1.88. The van der Waals surface area contributed by atoms with Gasteiger partial charge >= 0.3 is 6.09 Å². The molecule has 0 bridgehead atoms. The molecule has 0 aliphatic carbocycles. The molecule has 4 aromatic rings. The molecule has 3 N–H and O–H groups in total. The number of rotatable bonds is 4. The second-order valence-electron chi connectivity index (χ2n) is 13.4. The normalized spacial score (nSPS) is 16.8. The van der Waals surface area contributed by atoms with E-state index in [9.17, 15) is 40.7 Å². The fourth-order valence-electron chi connectivity index (χ4n) is 5.45. The monoisotopic (exact) mass is 854 g/mol. The van der Waals surface area contributed by atoms with E-state index in [-0.39, 0.29) is 78.0 Å². The predicted octanol–water partition coefficient (Wildman–Crippen LogP) is 5.41. The summed E-state index contributed by atoms with van der Waals surface area (Å²) in [4.78, 5) is 60.0. The van der Waals surface area contributed by atoms with Crippen molar-refractivity contribution in [1.82, 2.24) is 40.1 Å². The van der Waals surface area contributed by atoms with Gasteiger partial charge in [0.1, 0.15) is 27.3 Å². The number of carbonyl (C=O) groups excluding carboxylic acids is 1. The van der Waals surface area contributed by atoms with Gasteiger partial charge in [0.05, 0.1) is 49.7 Å². The Bertz CT molecular complexity index is 2160. The number of pyridine rings is 2. The number of hydrogen-bond acceptors (Lipinski definition) is 11. The van der Waals surface area contributed by atoms with Crippen LogP contribution in [0.1, 0.15) is 20.8 Å². The number of aromatic nitrogens is 6. The maximum Gasteiger partial charge on any atom is 0.410 e. The number of carbonyl (C=O) groups is 1. The van der Waals surface area contributed by atoms with Crippen LogP contribution in [0.25, 0.3) is 22.8 Å². The van der Waals surface area contributed by atoms with E-state index in [1.165, 1.54) is 29.4 Å². The van der Waals surface area contributed by atoms with Gasteiger partial charge in [-0.25, -0.2) is 41.1 Å². The number of anilines is 2. The molecule has 23 heteroatoms. The molecule has 1 amide bonds. The van der Waals surface area contributed by atoms with Crippen molar-refractivity contribution in [3.63, 3.8) is 0 Å². The van der Waals surface area contributed by atoms with Crippen LogP contribution in [0.4, 0.5) is 42.8 Å². The quantitative estimate of drug-likeness (QED) is 0.225. The summed E-state index contributed by atoms with van der Waals surface area (Å²) >= 11 is 12.0. The maximum absolute atomic E-state index is 14.6. The van der Waals surface area contributed by atoms with Gasteiger partial charge in [0.25, 0.3) is 23.0 Å². The van der Waals surface area contributed by atoms with Gasteiger partial charge in [-0.15, -0.1) is 12.4 Å². The minimum absolute atomic E-state index is 0. The first-order valence-corrected chi connectivity index (χ1v) is 17.2. The van der Waals surface area contributed by atoms with Gasteiger partial charge in [-0.05, 0) is 32.9 Å². The van der Waals surface area contributed by atoms with Crippen LogP contribution < -0.4 is 26.2 Å². The van der Waals surface area contributed by atoms with Gasteiger partial charge < -0.3 is 34.7 Å². The molecule has 0 aromatic carbocycles. The topological polar surface area (TPSA) is 165 Å². The van der Waals surface area contributed by atoms with Crippen LogP contribution >= 0.6 is 35.6 Å². The molecule has 0 radical (unpaired) electrons. The molecule has 56 heavy (non-hydrogen) atoms. The third kappa shape index (κ3) is 11.0. The second kappa shape index (κ2) is 17.6. The lowest BCUT2D eigenvalue weighted by molar-refractivity contribution is -0.0285. The first-order valence-electron chi connectivity index (χ1n) is 16.5. The van der Waals surface area contributed by atoms with Crippen molar-refractivity contribution in [2.45, 2.75) is 38.2 Å². The first kappa shape index (κ1) is 44.1. The fraction of sp³-hybridized carbons (Fsp3) is 0.424. The molecule has 2 fully saturated rings. The molecule has 14 nitrogen and oxygen atoms in total. The van der Waals surface area contributed by atoms with E-state index in [0.717, 1.165) is 22.2 Å². The number of nitrogens with one attached hydrogen (secondary N) is 3. The number of ether oxygens (including phenoxy) is 1. The van der Waals surface area contributed by atoms with E-state index in [0.29, 0.717) is 0 Å². The van der Waals surface area contributed by atoms with Crippen LogP contribution in [0.3, 0.4) is 0 Å². The average molecular weight is 856 g/mol. The summed E-state index contributed by atoms with van der Waals surface area (Å²) in [5.41, 5.74) is -2.45. The highest BCUT2D eigenvalue weighted by atomic mass is 35.5. The van der Waals surface area contributed by atoms with Gasteiger partial charge in [0, 0.05) is 38.6 Å².